The maximum absolute atomic E-state index is 13.5. The predicted molar refractivity (Wildman–Crippen MR) is 119 cm³/mol. The van der Waals surface area contributed by atoms with Crippen molar-refractivity contribution in [2.45, 2.75) is 58.1 Å². The molecule has 2 aliphatic heterocycles. The summed E-state index contributed by atoms with van der Waals surface area (Å²) in [6.45, 7) is 3.70. The number of pyridine rings is 2. The lowest BCUT2D eigenvalue weighted by Crippen LogP contribution is -2.45. The van der Waals surface area contributed by atoms with E-state index in [2.05, 4.69) is 5.32 Å². The van der Waals surface area contributed by atoms with Crippen molar-refractivity contribution < 1.29 is 19.7 Å². The van der Waals surface area contributed by atoms with Crippen LogP contribution in [0.4, 0.5) is 5.69 Å². The highest BCUT2D eigenvalue weighted by molar-refractivity contribution is 5.92. The Balaban J connectivity index is 1.85. The average molecular weight is 435 g/mol. The molecule has 3 N–H and O–H groups in total. The van der Waals surface area contributed by atoms with Gasteiger partial charge in [-0.15, -0.1) is 0 Å². The zero-order valence-electron chi connectivity index (χ0n) is 18.0. The molecule has 2 atom stereocenters. The number of aliphatic hydroxyl groups excluding tert-OH is 1. The second-order valence-electron chi connectivity index (χ2n) is 8.40. The molecule has 2 aliphatic rings. The third-order valence-electron chi connectivity index (χ3n) is 6.40. The van der Waals surface area contributed by atoms with Gasteiger partial charge in [-0.3, -0.25) is 4.79 Å². The van der Waals surface area contributed by atoms with Crippen molar-refractivity contribution in [3.63, 3.8) is 0 Å². The molecule has 0 aliphatic carbocycles. The molecule has 0 spiro atoms. The van der Waals surface area contributed by atoms with Crippen LogP contribution in [0.15, 0.2) is 35.1 Å². The molecule has 32 heavy (non-hydrogen) atoms. The van der Waals surface area contributed by atoms with E-state index in [-0.39, 0.29) is 29.7 Å². The highest BCUT2D eigenvalue weighted by atomic mass is 16.6. The Morgan fingerprint density at radius 2 is 2.06 bits per heavy atom. The fourth-order valence-corrected chi connectivity index (χ4v) is 4.75. The molecule has 1 unspecified atom stereocenters. The number of hydrogen-bond donors (Lipinski definition) is 3. The van der Waals surface area contributed by atoms with E-state index in [9.17, 15) is 19.8 Å². The minimum absolute atomic E-state index is 0.0261. The first-order chi connectivity index (χ1) is 15.4. The van der Waals surface area contributed by atoms with E-state index in [0.717, 1.165) is 22.9 Å². The number of aliphatic hydroxyl groups is 2. The van der Waals surface area contributed by atoms with Crippen LogP contribution in [0.25, 0.3) is 22.3 Å². The number of para-hydroxylation sites is 1. The maximum atomic E-state index is 13.5. The van der Waals surface area contributed by atoms with Crippen LogP contribution < -0.4 is 10.9 Å². The lowest BCUT2D eigenvalue weighted by Gasteiger charge is -2.35. The molecule has 8 nitrogen and oxygen atoms in total. The van der Waals surface area contributed by atoms with Crippen LogP contribution in [0.1, 0.15) is 49.8 Å². The van der Waals surface area contributed by atoms with Gasteiger partial charge in [0.25, 0.3) is 5.56 Å². The summed E-state index contributed by atoms with van der Waals surface area (Å²) >= 11 is 0. The van der Waals surface area contributed by atoms with Crippen molar-refractivity contribution in [1.29, 1.82) is 0 Å². The van der Waals surface area contributed by atoms with Crippen molar-refractivity contribution in [2.75, 3.05) is 5.32 Å². The molecule has 0 bridgehead atoms. The number of anilines is 1. The highest BCUT2D eigenvalue weighted by Gasteiger charge is 2.48. The molecule has 5 rings (SSSR count). The van der Waals surface area contributed by atoms with Crippen LogP contribution in [0.2, 0.25) is 0 Å². The molecule has 4 heterocycles. The Labute approximate surface area is 184 Å². The van der Waals surface area contributed by atoms with E-state index >= 15 is 0 Å². The number of hydrogen-bond acceptors (Lipinski definition) is 7. The number of benzene rings is 1. The Hall–Kier alpha value is -3.23. The van der Waals surface area contributed by atoms with Crippen molar-refractivity contribution in [1.82, 2.24) is 9.55 Å². The monoisotopic (exact) mass is 435 g/mol. The lowest BCUT2D eigenvalue weighted by atomic mass is 9.84. The Morgan fingerprint density at radius 3 is 2.81 bits per heavy atom. The number of nitrogens with zero attached hydrogens (tertiary/aromatic N) is 2. The molecule has 2 aromatic heterocycles. The Bertz CT molecular complexity index is 1320. The summed E-state index contributed by atoms with van der Waals surface area (Å²) in [5.74, 6) is -0.797. The molecule has 0 fully saturated rings. The van der Waals surface area contributed by atoms with Crippen LogP contribution >= 0.6 is 0 Å². The van der Waals surface area contributed by atoms with E-state index in [1.54, 1.807) is 11.5 Å². The fourth-order valence-electron chi connectivity index (χ4n) is 4.75. The summed E-state index contributed by atoms with van der Waals surface area (Å²) in [4.78, 5) is 30.9. The van der Waals surface area contributed by atoms with Gasteiger partial charge in [0.2, 0.25) is 0 Å². The van der Waals surface area contributed by atoms with Crippen LogP contribution in [-0.2, 0) is 28.3 Å². The number of cyclic esters (lactones) is 1. The number of nitrogens with one attached hydrogen (secondary N) is 1. The van der Waals surface area contributed by atoms with Gasteiger partial charge in [-0.05, 0) is 25.0 Å². The number of esters is 1. The third-order valence-corrected chi connectivity index (χ3v) is 6.40. The van der Waals surface area contributed by atoms with Gasteiger partial charge in [-0.2, -0.15) is 0 Å². The first-order valence-corrected chi connectivity index (χ1v) is 10.9. The minimum Gasteiger partial charge on any atom is -0.458 e. The van der Waals surface area contributed by atoms with Crippen LogP contribution in [0, 0.1) is 0 Å². The van der Waals surface area contributed by atoms with Gasteiger partial charge in [0.05, 0.1) is 34.7 Å². The predicted octanol–water partition coefficient (Wildman–Crippen LogP) is 2.61. The van der Waals surface area contributed by atoms with Gasteiger partial charge in [0, 0.05) is 16.5 Å². The van der Waals surface area contributed by atoms with Gasteiger partial charge in [0.15, 0.2) is 5.60 Å². The van der Waals surface area contributed by atoms with E-state index in [1.807, 2.05) is 37.3 Å². The zero-order valence-corrected chi connectivity index (χ0v) is 18.0. The quantitative estimate of drug-likeness (QED) is 0.326. The van der Waals surface area contributed by atoms with Gasteiger partial charge < -0.3 is 24.8 Å². The first-order valence-electron chi connectivity index (χ1n) is 10.9. The molecule has 8 heteroatoms. The van der Waals surface area contributed by atoms with Crippen molar-refractivity contribution in [2.24, 2.45) is 0 Å². The molecule has 166 valence electrons. The Morgan fingerprint density at radius 1 is 1.28 bits per heavy atom. The summed E-state index contributed by atoms with van der Waals surface area (Å²) in [6, 6.07) is 9.69. The van der Waals surface area contributed by atoms with E-state index in [0.29, 0.717) is 30.0 Å². The number of carbonyl (C=O) groups is 1. The number of carbonyl (C=O) groups excluding carboxylic acids is 1. The normalized spacial score (nSPS) is 19.8. The fraction of sp³-hybridized carbons (Fsp3) is 0.375. The molecule has 0 saturated heterocycles. The standard InChI is InChI=1S/C24H25N3O5/c1-3-7-17(28)26-20-18-15(12-32-23(30)24(18,31)4-2)22(29)27-11-14-10-13-8-5-6-9-16(13)25-19(14)21(20)27/h5-6,8-10,17,26,28,31H,3-4,7,11-12H2,1-2H3/t17?,24-/m0/s1. The summed E-state index contributed by atoms with van der Waals surface area (Å²) in [7, 11) is 0. The first kappa shape index (κ1) is 20.7. The molecule has 0 saturated carbocycles. The smallest absolute Gasteiger partial charge is 0.343 e. The molecule has 0 radical (unpaired) electrons. The van der Waals surface area contributed by atoms with E-state index in [1.165, 1.54) is 0 Å². The second-order valence-corrected chi connectivity index (χ2v) is 8.40. The van der Waals surface area contributed by atoms with Crippen molar-refractivity contribution >= 4 is 22.6 Å². The van der Waals surface area contributed by atoms with Gasteiger partial charge in [0.1, 0.15) is 12.8 Å². The zero-order chi connectivity index (χ0) is 22.6. The maximum Gasteiger partial charge on any atom is 0.343 e. The topological polar surface area (TPSA) is 114 Å². The number of aromatic nitrogens is 2. The molecule has 3 aromatic rings. The summed E-state index contributed by atoms with van der Waals surface area (Å²) in [6.07, 6.45) is 0.290. The molecule has 1 aromatic carbocycles. The van der Waals surface area contributed by atoms with Gasteiger partial charge in [-0.1, -0.05) is 38.5 Å². The van der Waals surface area contributed by atoms with Crippen LogP contribution in [-0.4, -0.2) is 32.0 Å². The average Bonchev–Trinajstić information content (AvgIpc) is 3.16. The SMILES string of the molecule is CCCC(O)Nc1c2c(c(=O)n3c1-c1nc4ccccc4cc1C3)COC(=O)[C@]2(O)CC. The van der Waals surface area contributed by atoms with Crippen molar-refractivity contribution in [3.8, 4) is 11.4 Å². The summed E-state index contributed by atoms with van der Waals surface area (Å²) in [5, 5.41) is 26.0. The lowest BCUT2D eigenvalue weighted by molar-refractivity contribution is -0.172. The minimum atomic E-state index is -1.99. The summed E-state index contributed by atoms with van der Waals surface area (Å²) < 4.78 is 6.78. The molecular formula is C24H25N3O5. The highest BCUT2D eigenvalue weighted by Crippen LogP contribution is 2.45. The van der Waals surface area contributed by atoms with Crippen LogP contribution in [0.3, 0.4) is 0 Å². The molecular weight excluding hydrogens is 410 g/mol. The number of fused-ring (bicyclic) bond motifs is 5. The van der Waals surface area contributed by atoms with Crippen LogP contribution in [0.5, 0.6) is 0 Å². The number of rotatable bonds is 5. The van der Waals surface area contributed by atoms with Gasteiger partial charge >= 0.3 is 5.97 Å². The molecule has 0 amide bonds. The third kappa shape index (κ3) is 2.87. The van der Waals surface area contributed by atoms with Gasteiger partial charge in [-0.25, -0.2) is 9.78 Å². The largest absolute Gasteiger partial charge is 0.458 e. The number of ether oxygens (including phenoxy) is 1. The van der Waals surface area contributed by atoms with E-state index in [4.69, 9.17) is 9.72 Å². The Kier molecular flexibility index (Phi) is 4.79. The summed E-state index contributed by atoms with van der Waals surface area (Å²) in [5.41, 5.74) is 1.18. The second kappa shape index (κ2) is 7.43. The van der Waals surface area contributed by atoms with E-state index < -0.39 is 17.8 Å². The van der Waals surface area contributed by atoms with Crippen molar-refractivity contribution in [3.05, 3.63) is 57.4 Å².